The number of halogens is 5. The van der Waals surface area contributed by atoms with Gasteiger partial charge in [0, 0.05) is 31.3 Å². The first kappa shape index (κ1) is 25.8. The van der Waals surface area contributed by atoms with Crippen LogP contribution in [0.15, 0.2) is 47.4 Å². The number of nitro benzene ring substituents is 1. The van der Waals surface area contributed by atoms with E-state index in [0.29, 0.717) is 12.1 Å². The van der Waals surface area contributed by atoms with Gasteiger partial charge >= 0.3 is 6.18 Å². The van der Waals surface area contributed by atoms with E-state index in [1.165, 1.54) is 6.92 Å². The fraction of sp³-hybridized carbons (Fsp3) is 0.294. The molecule has 1 atom stereocenters. The Bertz CT molecular complexity index is 1000. The van der Waals surface area contributed by atoms with Gasteiger partial charge in [-0.3, -0.25) is 10.1 Å². The van der Waals surface area contributed by atoms with Crippen molar-refractivity contribution in [3.05, 3.63) is 69.5 Å². The molecule has 0 saturated heterocycles. The van der Waals surface area contributed by atoms with Crippen molar-refractivity contribution in [2.75, 3.05) is 13.1 Å². The molecule has 0 heterocycles. The summed E-state index contributed by atoms with van der Waals surface area (Å²) >= 11 is 0. The molecule has 0 bridgehead atoms. The summed E-state index contributed by atoms with van der Waals surface area (Å²) in [4.78, 5) is 9.81. The zero-order valence-electron chi connectivity index (χ0n) is 15.5. The fourth-order valence-electron chi connectivity index (χ4n) is 2.60. The van der Waals surface area contributed by atoms with Gasteiger partial charge in [0.25, 0.3) is 5.69 Å². The first-order valence-corrected chi connectivity index (χ1v) is 9.68. The van der Waals surface area contributed by atoms with Crippen molar-refractivity contribution in [3.8, 4) is 0 Å². The number of likely N-dealkylation sites (N-methyl/N-ethyl adjacent to an activating group) is 1. The number of hydrogen-bond acceptors (Lipinski definition) is 5. The van der Waals surface area contributed by atoms with Crippen LogP contribution in [0.3, 0.4) is 0 Å². The summed E-state index contributed by atoms with van der Waals surface area (Å²) in [5, 5.41) is 10.7. The number of sulfonamides is 1. The number of benzene rings is 2. The molecule has 0 saturated carbocycles. The summed E-state index contributed by atoms with van der Waals surface area (Å²) in [7, 11) is -4.08. The summed E-state index contributed by atoms with van der Waals surface area (Å²) in [6.45, 7) is 1.15. The van der Waals surface area contributed by atoms with E-state index < -0.39 is 38.5 Å². The zero-order valence-corrected chi connectivity index (χ0v) is 17.1. The van der Waals surface area contributed by atoms with Crippen LogP contribution in [0, 0.1) is 15.9 Å². The molecule has 7 nitrogen and oxygen atoms in total. The third-order valence-electron chi connectivity index (χ3n) is 4.17. The molecule has 0 aliphatic heterocycles. The van der Waals surface area contributed by atoms with Crippen LogP contribution < -0.4 is 5.73 Å². The summed E-state index contributed by atoms with van der Waals surface area (Å²) in [5.74, 6) is -1.51. The van der Waals surface area contributed by atoms with Crippen LogP contribution in [-0.2, 0) is 16.2 Å². The van der Waals surface area contributed by atoms with E-state index in [9.17, 15) is 36.1 Å². The molecule has 0 aromatic heterocycles. The fourth-order valence-corrected chi connectivity index (χ4v) is 4.08. The molecule has 0 radical (unpaired) electrons. The maximum absolute atomic E-state index is 13.8. The second-order valence-electron chi connectivity index (χ2n) is 6.05. The third kappa shape index (κ3) is 5.65. The van der Waals surface area contributed by atoms with E-state index in [0.717, 1.165) is 34.6 Å². The molecule has 13 heteroatoms. The van der Waals surface area contributed by atoms with Gasteiger partial charge in [0.1, 0.15) is 5.82 Å². The van der Waals surface area contributed by atoms with Crippen molar-refractivity contribution in [2.45, 2.75) is 24.0 Å². The van der Waals surface area contributed by atoms with Crippen molar-refractivity contribution >= 4 is 28.1 Å². The lowest BCUT2D eigenvalue weighted by Gasteiger charge is -2.24. The first-order chi connectivity index (χ1) is 13.4. The molecule has 30 heavy (non-hydrogen) atoms. The average Bonchev–Trinajstić information content (AvgIpc) is 2.64. The van der Waals surface area contributed by atoms with Gasteiger partial charge in [-0.25, -0.2) is 12.8 Å². The van der Waals surface area contributed by atoms with Crippen molar-refractivity contribution in [1.82, 2.24) is 4.31 Å². The van der Waals surface area contributed by atoms with Gasteiger partial charge in [0.05, 0.1) is 15.4 Å². The number of alkyl halides is 3. The molecule has 0 fully saturated rings. The maximum atomic E-state index is 13.8. The van der Waals surface area contributed by atoms with Crippen LogP contribution in [0.1, 0.15) is 24.1 Å². The molecule has 2 N–H and O–H groups in total. The minimum absolute atomic E-state index is 0. The summed E-state index contributed by atoms with van der Waals surface area (Å²) in [5.41, 5.74) is 4.16. The average molecular weight is 472 g/mol. The van der Waals surface area contributed by atoms with E-state index >= 15 is 0 Å². The van der Waals surface area contributed by atoms with Gasteiger partial charge < -0.3 is 5.73 Å². The van der Waals surface area contributed by atoms with Gasteiger partial charge in [0.2, 0.25) is 10.0 Å². The molecule has 0 aliphatic rings. The molecular weight excluding hydrogens is 454 g/mol. The topological polar surface area (TPSA) is 107 Å². The Morgan fingerprint density at radius 2 is 1.73 bits per heavy atom. The van der Waals surface area contributed by atoms with Gasteiger partial charge in [-0.2, -0.15) is 17.5 Å². The van der Waals surface area contributed by atoms with Gasteiger partial charge in [0.15, 0.2) is 0 Å². The normalized spacial score (nSPS) is 13.0. The summed E-state index contributed by atoms with van der Waals surface area (Å²) in [6, 6.07) is 5.27. The Balaban J connectivity index is 0.00000450. The minimum Gasteiger partial charge on any atom is -0.323 e. The minimum atomic E-state index is -4.86. The Hall–Kier alpha value is -2.28. The van der Waals surface area contributed by atoms with Crippen LogP contribution in [-0.4, -0.2) is 30.7 Å². The molecule has 166 valence electrons. The van der Waals surface area contributed by atoms with Crippen molar-refractivity contribution < 1.29 is 30.9 Å². The van der Waals surface area contributed by atoms with E-state index in [4.69, 9.17) is 5.73 Å². The van der Waals surface area contributed by atoms with E-state index in [2.05, 4.69) is 0 Å². The highest BCUT2D eigenvalue weighted by molar-refractivity contribution is 7.89. The highest BCUT2D eigenvalue weighted by Crippen LogP contribution is 2.32. The van der Waals surface area contributed by atoms with Crippen LogP contribution in [0.25, 0.3) is 0 Å². The van der Waals surface area contributed by atoms with Gasteiger partial charge in [-0.1, -0.05) is 13.0 Å². The third-order valence-corrected chi connectivity index (χ3v) is 6.12. The SMILES string of the molecule is CCN(CC(N)c1ccc(C(F)(F)F)c(F)c1)S(=O)(=O)c1ccc([N+](=O)[O-])cc1.Cl. The second kappa shape index (κ2) is 9.69. The number of hydrogen-bond donors (Lipinski definition) is 1. The summed E-state index contributed by atoms with van der Waals surface area (Å²) in [6.07, 6.45) is -4.86. The van der Waals surface area contributed by atoms with Crippen LogP contribution in [0.4, 0.5) is 23.2 Å². The molecule has 0 amide bonds. The first-order valence-electron chi connectivity index (χ1n) is 8.24. The number of nitro groups is 1. The zero-order chi connectivity index (χ0) is 22.0. The largest absolute Gasteiger partial charge is 0.419 e. The predicted octanol–water partition coefficient (Wildman–Crippen LogP) is 3.89. The molecular formula is C17H18ClF4N3O4S. The molecule has 1 unspecified atom stereocenters. The Morgan fingerprint density at radius 1 is 1.17 bits per heavy atom. The number of nitrogens with two attached hydrogens (primary N) is 1. The quantitative estimate of drug-likeness (QED) is 0.374. The number of nitrogens with zero attached hydrogens (tertiary/aromatic N) is 2. The number of rotatable bonds is 7. The second-order valence-corrected chi connectivity index (χ2v) is 7.99. The maximum Gasteiger partial charge on any atom is 0.419 e. The highest BCUT2D eigenvalue weighted by Gasteiger charge is 2.34. The highest BCUT2D eigenvalue weighted by atomic mass is 35.5. The Kier molecular flexibility index (Phi) is 8.32. The molecule has 0 spiro atoms. The molecule has 2 aromatic carbocycles. The number of non-ortho nitro benzene ring substituents is 1. The lowest BCUT2D eigenvalue weighted by atomic mass is 10.0. The predicted molar refractivity (Wildman–Crippen MR) is 103 cm³/mol. The van der Waals surface area contributed by atoms with E-state index in [1.54, 1.807) is 0 Å². The Labute approximate surface area is 176 Å². The van der Waals surface area contributed by atoms with Crippen molar-refractivity contribution in [1.29, 1.82) is 0 Å². The van der Waals surface area contributed by atoms with Crippen molar-refractivity contribution in [3.63, 3.8) is 0 Å². The van der Waals surface area contributed by atoms with Gasteiger partial charge in [-0.05, 0) is 29.8 Å². The summed E-state index contributed by atoms with van der Waals surface area (Å²) < 4.78 is 78.2. The standard InChI is InChI=1S/C17H17F4N3O4S.ClH/c1-2-23(29(27,28)13-6-4-12(5-7-13)24(25)26)10-16(22)11-3-8-14(15(18)9-11)17(19,20)21;/h3-9,16H,2,10,22H2,1H3;1H. The monoisotopic (exact) mass is 471 g/mol. The molecule has 2 rings (SSSR count). The van der Waals surface area contributed by atoms with Crippen LogP contribution in [0.5, 0.6) is 0 Å². The molecule has 2 aromatic rings. The Morgan fingerprint density at radius 3 is 2.17 bits per heavy atom. The smallest absolute Gasteiger partial charge is 0.323 e. The lowest BCUT2D eigenvalue weighted by Crippen LogP contribution is -2.37. The molecule has 0 aliphatic carbocycles. The van der Waals surface area contributed by atoms with E-state index in [-0.39, 0.29) is 41.6 Å². The van der Waals surface area contributed by atoms with Crippen LogP contribution in [0.2, 0.25) is 0 Å². The van der Waals surface area contributed by atoms with Crippen LogP contribution >= 0.6 is 12.4 Å². The van der Waals surface area contributed by atoms with Crippen molar-refractivity contribution in [2.24, 2.45) is 5.73 Å². The van der Waals surface area contributed by atoms with E-state index in [1.807, 2.05) is 0 Å². The lowest BCUT2D eigenvalue weighted by molar-refractivity contribution is -0.384. The van der Waals surface area contributed by atoms with Gasteiger partial charge in [-0.15, -0.1) is 12.4 Å².